The Balaban J connectivity index is 1.31. The molecule has 0 radical (unpaired) electrons. The van der Waals surface area contributed by atoms with Crippen LogP contribution in [0.4, 0.5) is 0 Å². The zero-order valence-corrected chi connectivity index (χ0v) is 11.5. The summed E-state index contributed by atoms with van der Waals surface area (Å²) in [6.45, 7) is 0. The fraction of sp³-hybridized carbons (Fsp3) is 0.500. The number of carbonyl (C=O) groups excluding carboxylic acids is 2. The zero-order valence-electron chi connectivity index (χ0n) is 11.5. The van der Waals surface area contributed by atoms with Crippen molar-refractivity contribution >= 4 is 11.8 Å². The molecule has 0 aromatic heterocycles. The molecule has 4 heterocycles. The van der Waals surface area contributed by atoms with Crippen LogP contribution < -0.4 is 0 Å². The lowest BCUT2D eigenvalue weighted by molar-refractivity contribution is 0.0285. The number of hydrogen-bond acceptors (Lipinski definition) is 5. The number of nitrogens with zero attached hydrogens (tertiary/aromatic N) is 2. The number of hydrazine groups is 1. The van der Waals surface area contributed by atoms with E-state index in [-0.39, 0.29) is 48.3 Å². The second-order valence-corrected chi connectivity index (χ2v) is 7.11. The maximum atomic E-state index is 12.7. The highest BCUT2D eigenvalue weighted by atomic mass is 16.6. The Hall–Kier alpha value is -1.76. The number of ether oxygens (including phenoxy) is 2. The molecule has 110 valence electrons. The summed E-state index contributed by atoms with van der Waals surface area (Å²) in [5.74, 6) is 0.292. The topological polar surface area (TPSA) is 65.5 Å². The number of amides is 2. The van der Waals surface area contributed by atoms with Gasteiger partial charge in [-0.15, -0.1) is 0 Å². The standard InChI is InChI=1S/C16H12N2O4/c19-15-5-3-1-2-4-6(5)16(20)18(15)17-9-7-11-13(21-11)8(10(9)17)14-12(7)22-14/h1-4,7-14H. The monoisotopic (exact) mass is 296 g/mol. The van der Waals surface area contributed by atoms with Crippen LogP contribution in [-0.2, 0) is 9.47 Å². The fourth-order valence-electron chi connectivity index (χ4n) is 5.38. The molecule has 1 aromatic carbocycles. The number of benzene rings is 1. The van der Waals surface area contributed by atoms with Gasteiger partial charge < -0.3 is 9.47 Å². The zero-order chi connectivity index (χ0) is 14.3. The van der Waals surface area contributed by atoms with Crippen LogP contribution in [0, 0.1) is 11.8 Å². The van der Waals surface area contributed by atoms with E-state index in [2.05, 4.69) is 0 Å². The Morgan fingerprint density at radius 3 is 1.68 bits per heavy atom. The van der Waals surface area contributed by atoms with Crippen molar-refractivity contribution in [3.8, 4) is 0 Å². The summed E-state index contributed by atoms with van der Waals surface area (Å²) in [5.41, 5.74) is 1.04. The van der Waals surface area contributed by atoms with Gasteiger partial charge in [0.1, 0.15) is 0 Å². The summed E-state index contributed by atoms with van der Waals surface area (Å²) in [6.07, 6.45) is 1.15. The molecule has 2 bridgehead atoms. The van der Waals surface area contributed by atoms with E-state index in [4.69, 9.17) is 9.47 Å². The van der Waals surface area contributed by atoms with Gasteiger partial charge in [-0.25, -0.2) is 10.0 Å². The van der Waals surface area contributed by atoms with Gasteiger partial charge in [0.25, 0.3) is 11.8 Å². The molecule has 8 rings (SSSR count). The summed E-state index contributed by atoms with van der Waals surface area (Å²) in [6, 6.07) is 7.55. The van der Waals surface area contributed by atoms with E-state index in [1.807, 2.05) is 5.01 Å². The summed E-state index contributed by atoms with van der Waals surface area (Å²) >= 11 is 0. The molecule has 1 aromatic rings. The van der Waals surface area contributed by atoms with Crippen LogP contribution in [0.15, 0.2) is 24.3 Å². The summed E-state index contributed by atoms with van der Waals surface area (Å²) < 4.78 is 11.6. The lowest BCUT2D eigenvalue weighted by atomic mass is 9.71. The van der Waals surface area contributed by atoms with Crippen molar-refractivity contribution in [3.63, 3.8) is 0 Å². The molecule has 3 aliphatic carbocycles. The number of imide groups is 1. The molecule has 7 aliphatic rings. The van der Waals surface area contributed by atoms with E-state index in [1.165, 1.54) is 5.01 Å². The van der Waals surface area contributed by atoms with E-state index in [1.54, 1.807) is 24.3 Å². The molecule has 0 N–H and O–H groups in total. The van der Waals surface area contributed by atoms with Crippen LogP contribution in [-0.4, -0.2) is 58.3 Å². The number of carbonyl (C=O) groups is 2. The number of rotatable bonds is 1. The van der Waals surface area contributed by atoms with Crippen molar-refractivity contribution in [2.24, 2.45) is 11.8 Å². The van der Waals surface area contributed by atoms with Gasteiger partial charge in [0, 0.05) is 11.8 Å². The summed E-state index contributed by atoms with van der Waals surface area (Å²) in [4.78, 5) is 25.3. The Morgan fingerprint density at radius 1 is 0.773 bits per heavy atom. The van der Waals surface area contributed by atoms with Crippen molar-refractivity contribution < 1.29 is 19.1 Å². The second-order valence-electron chi connectivity index (χ2n) is 7.11. The smallest absolute Gasteiger partial charge is 0.276 e. The van der Waals surface area contributed by atoms with Crippen molar-refractivity contribution in [2.75, 3.05) is 0 Å². The minimum atomic E-state index is -0.182. The Morgan fingerprint density at radius 2 is 1.23 bits per heavy atom. The van der Waals surface area contributed by atoms with E-state index >= 15 is 0 Å². The average molecular weight is 296 g/mol. The molecule has 6 atom stereocenters. The lowest BCUT2D eigenvalue weighted by Crippen LogP contribution is -2.44. The predicted octanol–water partition coefficient (Wildman–Crippen LogP) is 0.0448. The van der Waals surface area contributed by atoms with Gasteiger partial charge in [-0.3, -0.25) is 9.59 Å². The molecule has 6 nitrogen and oxygen atoms in total. The van der Waals surface area contributed by atoms with Gasteiger partial charge in [-0.1, -0.05) is 12.1 Å². The molecule has 2 amide bonds. The molecule has 3 saturated carbocycles. The van der Waals surface area contributed by atoms with Gasteiger partial charge in [-0.05, 0) is 12.1 Å². The number of epoxide rings is 2. The summed E-state index contributed by atoms with van der Waals surface area (Å²) in [5, 5.41) is 3.40. The van der Waals surface area contributed by atoms with Gasteiger partial charge in [0.05, 0.1) is 47.6 Å². The maximum Gasteiger partial charge on any atom is 0.276 e. The van der Waals surface area contributed by atoms with Crippen molar-refractivity contribution in [3.05, 3.63) is 35.4 Å². The molecule has 3 saturated heterocycles. The van der Waals surface area contributed by atoms with Gasteiger partial charge in [-0.2, -0.15) is 0 Å². The predicted molar refractivity (Wildman–Crippen MR) is 70.7 cm³/mol. The highest BCUT2D eigenvalue weighted by molar-refractivity contribution is 6.21. The Labute approximate surface area is 125 Å². The van der Waals surface area contributed by atoms with E-state index in [0.29, 0.717) is 23.0 Å². The quantitative estimate of drug-likeness (QED) is 0.541. The molecule has 4 aliphatic heterocycles. The van der Waals surface area contributed by atoms with Crippen molar-refractivity contribution in [1.82, 2.24) is 10.0 Å². The first-order valence-electron chi connectivity index (χ1n) is 7.84. The minimum absolute atomic E-state index is 0.182. The Kier molecular flexibility index (Phi) is 1.48. The highest BCUT2D eigenvalue weighted by Crippen LogP contribution is 2.68. The van der Waals surface area contributed by atoms with Crippen molar-refractivity contribution in [2.45, 2.75) is 36.5 Å². The third-order valence-electron chi connectivity index (χ3n) is 6.30. The van der Waals surface area contributed by atoms with Gasteiger partial charge >= 0.3 is 0 Å². The minimum Gasteiger partial charge on any atom is -0.369 e. The molecule has 6 heteroatoms. The lowest BCUT2D eigenvalue weighted by Gasteiger charge is -2.24. The van der Waals surface area contributed by atoms with Crippen molar-refractivity contribution in [1.29, 1.82) is 0 Å². The van der Waals surface area contributed by atoms with Crippen LogP contribution in [0.3, 0.4) is 0 Å². The van der Waals surface area contributed by atoms with E-state index in [9.17, 15) is 9.59 Å². The third kappa shape index (κ3) is 0.958. The van der Waals surface area contributed by atoms with Crippen LogP contribution in [0.25, 0.3) is 0 Å². The maximum absolute atomic E-state index is 12.7. The first kappa shape index (κ1) is 10.9. The number of hydrogen-bond donors (Lipinski definition) is 0. The van der Waals surface area contributed by atoms with Crippen LogP contribution in [0.5, 0.6) is 0 Å². The second kappa shape index (κ2) is 2.99. The summed E-state index contributed by atoms with van der Waals surface area (Å²) in [7, 11) is 0. The van der Waals surface area contributed by atoms with Gasteiger partial charge in [0.2, 0.25) is 0 Å². The first-order chi connectivity index (χ1) is 10.8. The van der Waals surface area contributed by atoms with Crippen LogP contribution >= 0.6 is 0 Å². The fourth-order valence-corrected chi connectivity index (χ4v) is 5.38. The molecular formula is C16H12N2O4. The molecule has 6 unspecified atom stereocenters. The van der Waals surface area contributed by atoms with Gasteiger partial charge in [0.15, 0.2) is 0 Å². The molecule has 0 spiro atoms. The highest BCUT2D eigenvalue weighted by Gasteiger charge is 2.85. The average Bonchev–Trinajstić information content (AvgIpc) is 3.40. The third-order valence-corrected chi connectivity index (χ3v) is 6.30. The first-order valence-corrected chi connectivity index (χ1v) is 7.84. The SMILES string of the molecule is O=C1c2ccccc2C(=O)N1N1C2C3C4OC4C(C4OC43)C21. The van der Waals surface area contributed by atoms with E-state index < -0.39 is 0 Å². The number of fused-ring (bicyclic) bond motifs is 1. The normalized spacial score (nSPS) is 54.5. The van der Waals surface area contributed by atoms with Crippen LogP contribution in [0.1, 0.15) is 20.7 Å². The molecular weight excluding hydrogens is 284 g/mol. The van der Waals surface area contributed by atoms with Crippen LogP contribution in [0.2, 0.25) is 0 Å². The largest absolute Gasteiger partial charge is 0.369 e. The Bertz CT molecular complexity index is 715. The molecule has 22 heavy (non-hydrogen) atoms. The molecule has 6 fully saturated rings. The van der Waals surface area contributed by atoms with E-state index in [0.717, 1.165) is 0 Å².